The van der Waals surface area contributed by atoms with E-state index in [1.807, 2.05) is 0 Å². The number of hydrogen-bond acceptors (Lipinski definition) is 4. The largest absolute Gasteiger partial charge is 0.379 e. The molecule has 0 unspecified atom stereocenters. The van der Waals surface area contributed by atoms with Crippen LogP contribution in [0.25, 0.3) is 0 Å². The lowest BCUT2D eigenvalue weighted by Gasteiger charge is -2.38. The molecule has 1 heterocycles. The van der Waals surface area contributed by atoms with Gasteiger partial charge < -0.3 is 10.1 Å². The molecule has 2 fully saturated rings. The van der Waals surface area contributed by atoms with E-state index < -0.39 is 0 Å². The number of piperazine rings is 1. The van der Waals surface area contributed by atoms with Crippen molar-refractivity contribution in [1.82, 2.24) is 15.1 Å². The molecule has 0 aromatic carbocycles. The minimum atomic E-state index is 0.362. The molecular weight excluding hydrogens is 262 g/mol. The first-order valence-electron chi connectivity index (χ1n) is 9.04. The summed E-state index contributed by atoms with van der Waals surface area (Å²) in [5.74, 6) is 0. The van der Waals surface area contributed by atoms with Crippen molar-refractivity contribution in [2.45, 2.75) is 58.1 Å². The highest BCUT2D eigenvalue weighted by Crippen LogP contribution is 2.24. The van der Waals surface area contributed by atoms with E-state index in [2.05, 4.69) is 29.0 Å². The van der Waals surface area contributed by atoms with Gasteiger partial charge in [0, 0.05) is 51.9 Å². The fourth-order valence-electron chi connectivity index (χ4n) is 3.50. The number of nitrogens with one attached hydrogen (secondary N) is 1. The molecule has 0 aromatic rings. The van der Waals surface area contributed by atoms with E-state index >= 15 is 0 Å². The highest BCUT2D eigenvalue weighted by atomic mass is 16.5. The second-order valence-electron chi connectivity index (χ2n) is 6.84. The Hall–Kier alpha value is -0.160. The standard InChI is InChI=1S/C17H35N3O/c1-16(2)21-15-5-8-18-9-10-19-11-13-20(14-12-19)17-6-3-4-7-17/h16-18H,3-15H2,1-2H3. The van der Waals surface area contributed by atoms with Crippen LogP contribution in [0.15, 0.2) is 0 Å². The van der Waals surface area contributed by atoms with Crippen LogP contribution in [0.4, 0.5) is 0 Å². The summed E-state index contributed by atoms with van der Waals surface area (Å²) in [7, 11) is 0. The molecule has 0 amide bonds. The molecule has 4 nitrogen and oxygen atoms in total. The summed E-state index contributed by atoms with van der Waals surface area (Å²) in [6.45, 7) is 13.6. The Balaban J connectivity index is 1.44. The van der Waals surface area contributed by atoms with Crippen LogP contribution in [0.1, 0.15) is 46.0 Å². The van der Waals surface area contributed by atoms with Crippen LogP contribution >= 0.6 is 0 Å². The molecule has 1 aliphatic heterocycles. The smallest absolute Gasteiger partial charge is 0.0518 e. The second kappa shape index (κ2) is 9.78. The average Bonchev–Trinajstić information content (AvgIpc) is 3.01. The van der Waals surface area contributed by atoms with Gasteiger partial charge in [-0.1, -0.05) is 12.8 Å². The summed E-state index contributed by atoms with van der Waals surface area (Å²) >= 11 is 0. The van der Waals surface area contributed by atoms with Crippen molar-refractivity contribution < 1.29 is 4.74 Å². The van der Waals surface area contributed by atoms with Crippen LogP contribution in [-0.2, 0) is 4.74 Å². The molecule has 1 saturated heterocycles. The van der Waals surface area contributed by atoms with Gasteiger partial charge in [-0.05, 0) is 39.7 Å². The zero-order valence-corrected chi connectivity index (χ0v) is 14.1. The van der Waals surface area contributed by atoms with E-state index in [4.69, 9.17) is 4.74 Å². The predicted molar refractivity (Wildman–Crippen MR) is 88.8 cm³/mol. The van der Waals surface area contributed by atoms with E-state index in [0.717, 1.165) is 32.2 Å². The first kappa shape index (κ1) is 17.2. The first-order chi connectivity index (χ1) is 10.3. The summed E-state index contributed by atoms with van der Waals surface area (Å²) in [5.41, 5.74) is 0. The van der Waals surface area contributed by atoms with Gasteiger partial charge in [0.15, 0.2) is 0 Å². The van der Waals surface area contributed by atoms with Gasteiger partial charge in [0.1, 0.15) is 0 Å². The molecule has 4 heteroatoms. The van der Waals surface area contributed by atoms with Crippen molar-refractivity contribution in [2.75, 3.05) is 52.4 Å². The lowest BCUT2D eigenvalue weighted by atomic mass is 10.2. The Kier molecular flexibility index (Phi) is 8.01. The molecule has 21 heavy (non-hydrogen) atoms. The molecule has 0 bridgehead atoms. The third kappa shape index (κ3) is 6.64. The Morgan fingerprint density at radius 2 is 1.76 bits per heavy atom. The third-order valence-corrected chi connectivity index (χ3v) is 4.80. The SMILES string of the molecule is CC(C)OCCCNCCN1CCN(C2CCCC2)CC1. The van der Waals surface area contributed by atoms with Gasteiger partial charge in [-0.25, -0.2) is 0 Å². The predicted octanol–water partition coefficient (Wildman–Crippen LogP) is 1.95. The minimum Gasteiger partial charge on any atom is -0.379 e. The van der Waals surface area contributed by atoms with Crippen LogP contribution < -0.4 is 5.32 Å². The molecule has 0 radical (unpaired) electrons. The second-order valence-corrected chi connectivity index (χ2v) is 6.84. The topological polar surface area (TPSA) is 27.7 Å². The molecule has 0 aromatic heterocycles. The van der Waals surface area contributed by atoms with Crippen molar-refractivity contribution in [2.24, 2.45) is 0 Å². The van der Waals surface area contributed by atoms with Crippen LogP contribution in [0.5, 0.6) is 0 Å². The van der Waals surface area contributed by atoms with Crippen LogP contribution in [0.3, 0.4) is 0 Å². The summed E-state index contributed by atoms with van der Waals surface area (Å²) in [6, 6.07) is 0.909. The molecule has 124 valence electrons. The van der Waals surface area contributed by atoms with Crippen molar-refractivity contribution in [3.63, 3.8) is 0 Å². The van der Waals surface area contributed by atoms with Gasteiger partial charge in [-0.15, -0.1) is 0 Å². The van der Waals surface area contributed by atoms with Crippen LogP contribution in [0, 0.1) is 0 Å². The highest BCUT2D eigenvalue weighted by molar-refractivity contribution is 4.82. The van der Waals surface area contributed by atoms with Crippen molar-refractivity contribution in [3.8, 4) is 0 Å². The lowest BCUT2D eigenvalue weighted by Crippen LogP contribution is -2.50. The van der Waals surface area contributed by atoms with E-state index in [1.165, 1.54) is 58.4 Å². The minimum absolute atomic E-state index is 0.362. The summed E-state index contributed by atoms with van der Waals surface area (Å²) in [5, 5.41) is 3.54. The fraction of sp³-hybridized carbons (Fsp3) is 1.00. The quantitative estimate of drug-likeness (QED) is 0.658. The molecule has 1 aliphatic carbocycles. The average molecular weight is 297 g/mol. The number of rotatable bonds is 9. The molecule has 2 aliphatic rings. The van der Waals surface area contributed by atoms with E-state index in [9.17, 15) is 0 Å². The summed E-state index contributed by atoms with van der Waals surface area (Å²) < 4.78 is 5.54. The Bertz CT molecular complexity index is 259. The van der Waals surface area contributed by atoms with Gasteiger partial charge in [0.2, 0.25) is 0 Å². The third-order valence-electron chi connectivity index (χ3n) is 4.80. The highest BCUT2D eigenvalue weighted by Gasteiger charge is 2.25. The molecule has 0 spiro atoms. The zero-order chi connectivity index (χ0) is 14.9. The van der Waals surface area contributed by atoms with E-state index in [0.29, 0.717) is 6.10 Å². The fourth-order valence-corrected chi connectivity index (χ4v) is 3.50. The van der Waals surface area contributed by atoms with E-state index in [-0.39, 0.29) is 0 Å². The van der Waals surface area contributed by atoms with Gasteiger partial charge in [-0.3, -0.25) is 9.80 Å². The van der Waals surface area contributed by atoms with E-state index in [1.54, 1.807) is 0 Å². The lowest BCUT2D eigenvalue weighted by molar-refractivity contribution is 0.0765. The number of ether oxygens (including phenoxy) is 1. The van der Waals surface area contributed by atoms with Gasteiger partial charge in [0.25, 0.3) is 0 Å². The summed E-state index contributed by atoms with van der Waals surface area (Å²) in [6.07, 6.45) is 7.28. The monoisotopic (exact) mass is 297 g/mol. The first-order valence-corrected chi connectivity index (χ1v) is 9.04. The molecule has 2 rings (SSSR count). The van der Waals surface area contributed by atoms with Gasteiger partial charge in [-0.2, -0.15) is 0 Å². The maximum absolute atomic E-state index is 5.54. The van der Waals surface area contributed by atoms with Crippen LogP contribution in [0.2, 0.25) is 0 Å². The van der Waals surface area contributed by atoms with Crippen molar-refractivity contribution in [3.05, 3.63) is 0 Å². The molecule has 0 atom stereocenters. The normalized spacial score (nSPS) is 22.4. The van der Waals surface area contributed by atoms with Crippen molar-refractivity contribution in [1.29, 1.82) is 0 Å². The maximum atomic E-state index is 5.54. The maximum Gasteiger partial charge on any atom is 0.0518 e. The Morgan fingerprint density at radius 1 is 1.05 bits per heavy atom. The Labute approximate surface area is 131 Å². The zero-order valence-electron chi connectivity index (χ0n) is 14.1. The molecule has 1 N–H and O–H groups in total. The van der Waals surface area contributed by atoms with Crippen LogP contribution in [-0.4, -0.2) is 74.4 Å². The van der Waals surface area contributed by atoms with Crippen molar-refractivity contribution >= 4 is 0 Å². The number of nitrogens with zero attached hydrogens (tertiary/aromatic N) is 2. The van der Waals surface area contributed by atoms with Gasteiger partial charge >= 0.3 is 0 Å². The summed E-state index contributed by atoms with van der Waals surface area (Å²) in [4.78, 5) is 5.35. The Morgan fingerprint density at radius 3 is 2.43 bits per heavy atom. The molecule has 1 saturated carbocycles. The number of hydrogen-bond donors (Lipinski definition) is 1. The molecular formula is C17H35N3O. The van der Waals surface area contributed by atoms with Gasteiger partial charge in [0.05, 0.1) is 6.10 Å².